The molecule has 110 valence electrons. The molecule has 0 saturated carbocycles. The van der Waals surface area contributed by atoms with Crippen LogP contribution in [-0.4, -0.2) is 25.1 Å². The number of amides is 1. The van der Waals surface area contributed by atoms with Crippen LogP contribution < -0.4 is 10.1 Å². The average Bonchev–Trinajstić information content (AvgIpc) is 2.38. The lowest BCUT2D eigenvalue weighted by molar-refractivity contribution is -0.153. The molecule has 20 heavy (non-hydrogen) atoms. The van der Waals surface area contributed by atoms with Gasteiger partial charge in [-0.3, -0.25) is 9.59 Å². The second-order valence-corrected chi connectivity index (χ2v) is 5.16. The van der Waals surface area contributed by atoms with Gasteiger partial charge in [-0.05, 0) is 45.0 Å². The zero-order valence-electron chi connectivity index (χ0n) is 12.5. The molecular weight excluding hydrogens is 258 g/mol. The van der Waals surface area contributed by atoms with Gasteiger partial charge in [0.1, 0.15) is 11.9 Å². The molecule has 1 aromatic carbocycles. The molecule has 0 spiro atoms. The molecule has 1 aromatic rings. The van der Waals surface area contributed by atoms with Crippen molar-refractivity contribution in [2.75, 3.05) is 12.4 Å². The van der Waals surface area contributed by atoms with E-state index in [0.29, 0.717) is 5.69 Å². The normalized spacial score (nSPS) is 12.4. The number of hydrogen-bond acceptors (Lipinski definition) is 4. The second-order valence-electron chi connectivity index (χ2n) is 5.16. The van der Waals surface area contributed by atoms with Gasteiger partial charge >= 0.3 is 5.97 Å². The third-order valence-corrected chi connectivity index (χ3v) is 3.29. The summed E-state index contributed by atoms with van der Waals surface area (Å²) in [4.78, 5) is 23.3. The third kappa shape index (κ3) is 3.98. The van der Waals surface area contributed by atoms with E-state index in [1.165, 1.54) is 6.92 Å². The fraction of sp³-hybridized carbons (Fsp3) is 0.467. The monoisotopic (exact) mass is 279 g/mol. The number of carbonyl (C=O) groups excluding carboxylic acids is 2. The zero-order valence-corrected chi connectivity index (χ0v) is 12.5. The molecular formula is C15H21NO4. The summed E-state index contributed by atoms with van der Waals surface area (Å²) in [5.41, 5.74) is -0.162. The number of carbonyl (C=O) groups is 2. The lowest BCUT2D eigenvalue weighted by atomic mass is 9.86. The van der Waals surface area contributed by atoms with Crippen LogP contribution in [0.15, 0.2) is 24.3 Å². The Morgan fingerprint density at radius 3 is 2.20 bits per heavy atom. The molecule has 0 aliphatic rings. The Morgan fingerprint density at radius 2 is 1.75 bits per heavy atom. The van der Waals surface area contributed by atoms with Gasteiger partial charge in [0.15, 0.2) is 0 Å². The summed E-state index contributed by atoms with van der Waals surface area (Å²) >= 11 is 0. The van der Waals surface area contributed by atoms with Crippen LogP contribution in [0.3, 0.4) is 0 Å². The SMILES string of the molecule is COc1ccc(NC(=O)C(C)(C)C(C)OC(C)=O)cc1. The van der Waals surface area contributed by atoms with Gasteiger partial charge < -0.3 is 14.8 Å². The van der Waals surface area contributed by atoms with Gasteiger partial charge in [0.25, 0.3) is 0 Å². The highest BCUT2D eigenvalue weighted by molar-refractivity contribution is 5.95. The predicted molar refractivity (Wildman–Crippen MR) is 76.6 cm³/mol. The van der Waals surface area contributed by atoms with E-state index in [-0.39, 0.29) is 5.91 Å². The maximum Gasteiger partial charge on any atom is 0.302 e. The van der Waals surface area contributed by atoms with E-state index in [4.69, 9.17) is 9.47 Å². The molecule has 0 heterocycles. The Labute approximate surface area is 119 Å². The van der Waals surface area contributed by atoms with Crippen LogP contribution in [0.5, 0.6) is 5.75 Å². The summed E-state index contributed by atoms with van der Waals surface area (Å²) in [6, 6.07) is 7.03. The Bertz CT molecular complexity index is 479. The first-order valence-corrected chi connectivity index (χ1v) is 6.40. The van der Waals surface area contributed by atoms with Crippen LogP contribution in [0.4, 0.5) is 5.69 Å². The van der Waals surface area contributed by atoms with Crippen LogP contribution in [-0.2, 0) is 14.3 Å². The molecule has 0 aromatic heterocycles. The number of methoxy groups -OCH3 is 1. The van der Waals surface area contributed by atoms with E-state index >= 15 is 0 Å². The van der Waals surface area contributed by atoms with Crippen molar-refractivity contribution in [1.29, 1.82) is 0 Å². The maximum atomic E-state index is 12.3. The number of ether oxygens (including phenoxy) is 2. The number of hydrogen-bond donors (Lipinski definition) is 1. The Morgan fingerprint density at radius 1 is 1.20 bits per heavy atom. The third-order valence-electron chi connectivity index (χ3n) is 3.29. The molecule has 0 aliphatic heterocycles. The Hall–Kier alpha value is -2.04. The van der Waals surface area contributed by atoms with Crippen LogP contribution in [0.1, 0.15) is 27.7 Å². The molecule has 0 bridgehead atoms. The van der Waals surface area contributed by atoms with Gasteiger partial charge in [-0.2, -0.15) is 0 Å². The molecule has 0 aliphatic carbocycles. The van der Waals surface area contributed by atoms with Crippen molar-refractivity contribution in [3.05, 3.63) is 24.3 Å². The van der Waals surface area contributed by atoms with E-state index < -0.39 is 17.5 Å². The highest BCUT2D eigenvalue weighted by Crippen LogP contribution is 2.26. The summed E-state index contributed by atoms with van der Waals surface area (Å²) in [6.45, 7) is 6.50. The second kappa shape index (κ2) is 6.41. The van der Waals surface area contributed by atoms with Crippen molar-refractivity contribution >= 4 is 17.6 Å². The van der Waals surface area contributed by atoms with E-state index in [2.05, 4.69) is 5.32 Å². The summed E-state index contributed by atoms with van der Waals surface area (Å²) in [5, 5.41) is 2.80. The minimum atomic E-state index is -0.828. The number of rotatable bonds is 5. The number of anilines is 1. The first kappa shape index (κ1) is 16.0. The number of esters is 1. The maximum absolute atomic E-state index is 12.3. The molecule has 5 nitrogen and oxygen atoms in total. The van der Waals surface area contributed by atoms with Gasteiger partial charge in [0.05, 0.1) is 12.5 Å². The topological polar surface area (TPSA) is 64.6 Å². The van der Waals surface area contributed by atoms with Gasteiger partial charge in [-0.15, -0.1) is 0 Å². The first-order valence-electron chi connectivity index (χ1n) is 6.40. The standard InChI is InChI=1S/C15H21NO4/c1-10(20-11(2)17)15(3,4)14(18)16-12-6-8-13(19-5)9-7-12/h6-10H,1-5H3,(H,16,18). The van der Waals surface area contributed by atoms with Crippen LogP contribution in [0.2, 0.25) is 0 Å². The van der Waals surface area contributed by atoms with Crippen molar-refractivity contribution in [1.82, 2.24) is 0 Å². The molecule has 1 N–H and O–H groups in total. The summed E-state index contributed by atoms with van der Waals surface area (Å²) in [5.74, 6) is 0.106. The highest BCUT2D eigenvalue weighted by atomic mass is 16.5. The largest absolute Gasteiger partial charge is 0.497 e. The molecule has 0 saturated heterocycles. The van der Waals surface area contributed by atoms with Gasteiger partial charge in [-0.25, -0.2) is 0 Å². The lowest BCUT2D eigenvalue weighted by Gasteiger charge is -2.29. The molecule has 1 atom stereocenters. The molecule has 1 rings (SSSR count). The van der Waals surface area contributed by atoms with Gasteiger partial charge in [-0.1, -0.05) is 0 Å². The minimum absolute atomic E-state index is 0.212. The van der Waals surface area contributed by atoms with Crippen molar-refractivity contribution in [3.63, 3.8) is 0 Å². The van der Waals surface area contributed by atoms with Crippen molar-refractivity contribution < 1.29 is 19.1 Å². The number of benzene rings is 1. The van der Waals surface area contributed by atoms with Crippen molar-refractivity contribution in [2.24, 2.45) is 5.41 Å². The molecule has 0 fully saturated rings. The van der Waals surface area contributed by atoms with Crippen LogP contribution >= 0.6 is 0 Å². The first-order chi connectivity index (χ1) is 9.27. The summed E-state index contributed by atoms with van der Waals surface area (Å²) < 4.78 is 10.1. The highest BCUT2D eigenvalue weighted by Gasteiger charge is 2.36. The molecule has 5 heteroatoms. The summed E-state index contributed by atoms with van der Waals surface area (Å²) in [6.07, 6.45) is -0.516. The van der Waals surface area contributed by atoms with Gasteiger partial charge in [0, 0.05) is 12.6 Å². The number of nitrogens with one attached hydrogen (secondary N) is 1. The van der Waals surface area contributed by atoms with E-state index in [0.717, 1.165) is 5.75 Å². The van der Waals surface area contributed by atoms with E-state index in [1.807, 2.05) is 0 Å². The zero-order chi connectivity index (χ0) is 15.3. The predicted octanol–water partition coefficient (Wildman–Crippen LogP) is 2.61. The molecule has 0 radical (unpaired) electrons. The lowest BCUT2D eigenvalue weighted by Crippen LogP contribution is -2.41. The smallest absolute Gasteiger partial charge is 0.302 e. The van der Waals surface area contributed by atoms with E-state index in [1.54, 1.807) is 52.1 Å². The average molecular weight is 279 g/mol. The van der Waals surface area contributed by atoms with Crippen molar-refractivity contribution in [2.45, 2.75) is 33.8 Å². The quantitative estimate of drug-likeness (QED) is 0.841. The Balaban J connectivity index is 2.75. The molecule has 1 unspecified atom stereocenters. The van der Waals surface area contributed by atoms with Gasteiger partial charge in [0.2, 0.25) is 5.91 Å². The van der Waals surface area contributed by atoms with Crippen LogP contribution in [0, 0.1) is 5.41 Å². The fourth-order valence-corrected chi connectivity index (χ4v) is 1.55. The van der Waals surface area contributed by atoms with Crippen molar-refractivity contribution in [3.8, 4) is 5.75 Å². The Kier molecular flexibility index (Phi) is 5.13. The van der Waals surface area contributed by atoms with E-state index in [9.17, 15) is 9.59 Å². The minimum Gasteiger partial charge on any atom is -0.497 e. The summed E-state index contributed by atoms with van der Waals surface area (Å²) in [7, 11) is 1.58. The van der Waals surface area contributed by atoms with Crippen LogP contribution in [0.25, 0.3) is 0 Å². The fourth-order valence-electron chi connectivity index (χ4n) is 1.55. The molecule has 1 amide bonds.